The van der Waals surface area contributed by atoms with Crippen LogP contribution in [0.1, 0.15) is 30.7 Å². The van der Waals surface area contributed by atoms with Gasteiger partial charge in [-0.05, 0) is 24.8 Å². The average Bonchev–Trinajstić information content (AvgIpc) is 2.54. The molecule has 0 aromatic heterocycles. The third kappa shape index (κ3) is 1.64. The fraction of sp³-hybridized carbons (Fsp3) is 0.375. The minimum Gasteiger partial charge on any atom is -0.196 e. The summed E-state index contributed by atoms with van der Waals surface area (Å²) in [5.41, 5.74) is -2.34. The molecule has 0 aliphatic heterocycles. The molecule has 0 N–H and O–H groups in total. The van der Waals surface area contributed by atoms with Crippen LogP contribution in [0.3, 0.4) is 0 Å². The smallest absolute Gasteiger partial charge is 0.182 e. The lowest BCUT2D eigenvalue weighted by atomic mass is 9.52. The van der Waals surface area contributed by atoms with E-state index in [2.05, 4.69) is 0 Å². The average molecular weight is 260 g/mol. The molecule has 1 aliphatic rings. The molecule has 1 unspecified atom stereocenters. The lowest BCUT2D eigenvalue weighted by molar-refractivity contribution is 0.170. The molecule has 1 aromatic carbocycles. The van der Waals surface area contributed by atoms with Gasteiger partial charge in [0.15, 0.2) is 10.8 Å². The highest BCUT2D eigenvalue weighted by atomic mass is 14.6. The molecular weight excluding hydrogens is 248 g/mol. The van der Waals surface area contributed by atoms with Gasteiger partial charge < -0.3 is 0 Å². The summed E-state index contributed by atoms with van der Waals surface area (Å²) in [5, 5.41) is 38.1. The Labute approximate surface area is 118 Å². The molecule has 1 aromatic rings. The van der Waals surface area contributed by atoms with Crippen LogP contribution in [0, 0.1) is 56.2 Å². The van der Waals surface area contributed by atoms with Gasteiger partial charge in [0.25, 0.3) is 0 Å². The van der Waals surface area contributed by atoms with Gasteiger partial charge in [0.1, 0.15) is 0 Å². The van der Waals surface area contributed by atoms with E-state index in [0.717, 1.165) is 5.56 Å². The molecule has 1 aliphatic carbocycles. The van der Waals surface area contributed by atoms with E-state index < -0.39 is 16.7 Å². The third-order valence-electron chi connectivity index (χ3n) is 4.18. The zero-order chi connectivity index (χ0) is 14.6. The van der Waals surface area contributed by atoms with Crippen molar-refractivity contribution < 1.29 is 0 Å². The Bertz CT molecular complexity index is 636. The Morgan fingerprint density at radius 3 is 2.00 bits per heavy atom. The first-order chi connectivity index (χ1) is 9.69. The molecule has 4 heteroatoms. The molecular formula is C16H12N4. The van der Waals surface area contributed by atoms with Crippen LogP contribution in [0.5, 0.6) is 0 Å². The van der Waals surface area contributed by atoms with Crippen molar-refractivity contribution in [1.29, 1.82) is 21.0 Å². The number of hydrogen-bond donors (Lipinski definition) is 0. The zero-order valence-electron chi connectivity index (χ0n) is 10.9. The molecule has 0 saturated heterocycles. The molecule has 96 valence electrons. The van der Waals surface area contributed by atoms with E-state index in [1.807, 2.05) is 54.6 Å². The van der Waals surface area contributed by atoms with Crippen molar-refractivity contribution in [3.05, 3.63) is 35.9 Å². The van der Waals surface area contributed by atoms with Crippen LogP contribution in [0.25, 0.3) is 0 Å². The number of benzene rings is 1. The summed E-state index contributed by atoms with van der Waals surface area (Å²) in [5.74, 6) is -0.410. The topological polar surface area (TPSA) is 95.2 Å². The van der Waals surface area contributed by atoms with Crippen LogP contribution in [0.15, 0.2) is 30.3 Å². The Balaban J connectivity index is 2.66. The lowest BCUT2D eigenvalue weighted by Gasteiger charge is -2.41. The Morgan fingerprint density at radius 1 is 0.900 bits per heavy atom. The number of rotatable bonds is 1. The Morgan fingerprint density at radius 2 is 1.50 bits per heavy atom. The highest BCUT2D eigenvalue weighted by Gasteiger charge is 2.61. The second kappa shape index (κ2) is 5.05. The molecule has 0 spiro atoms. The molecule has 4 nitrogen and oxygen atoms in total. The van der Waals surface area contributed by atoms with Crippen LogP contribution < -0.4 is 0 Å². The molecule has 1 saturated carbocycles. The maximum Gasteiger partial charge on any atom is 0.182 e. The van der Waals surface area contributed by atoms with E-state index >= 15 is 0 Å². The van der Waals surface area contributed by atoms with Crippen LogP contribution in [-0.2, 0) is 0 Å². The summed E-state index contributed by atoms with van der Waals surface area (Å²) in [6, 6.07) is 17.1. The third-order valence-corrected chi connectivity index (χ3v) is 4.18. The Kier molecular flexibility index (Phi) is 3.43. The van der Waals surface area contributed by atoms with Gasteiger partial charge >= 0.3 is 0 Å². The van der Waals surface area contributed by atoms with E-state index in [-0.39, 0.29) is 6.42 Å². The standard InChI is InChI=1S/C16H12N4/c17-9-15(10-18)8-4-7-14(16(15,11-19)12-20)13-5-2-1-3-6-13/h1-3,5-6,14H,4,7-8H2. The van der Waals surface area contributed by atoms with Crippen LogP contribution >= 0.6 is 0 Å². The predicted octanol–water partition coefficient (Wildman–Crippen LogP) is 3.02. The number of nitriles is 4. The predicted molar refractivity (Wildman–Crippen MR) is 70.4 cm³/mol. The van der Waals surface area contributed by atoms with E-state index in [0.29, 0.717) is 12.8 Å². The van der Waals surface area contributed by atoms with E-state index in [4.69, 9.17) is 0 Å². The fourth-order valence-corrected chi connectivity index (χ4v) is 3.07. The van der Waals surface area contributed by atoms with Gasteiger partial charge in [-0.25, -0.2) is 0 Å². The molecule has 1 fully saturated rings. The van der Waals surface area contributed by atoms with Gasteiger partial charge in [0, 0.05) is 5.92 Å². The molecule has 0 bridgehead atoms. The van der Waals surface area contributed by atoms with Gasteiger partial charge in [0.2, 0.25) is 0 Å². The van der Waals surface area contributed by atoms with E-state index in [1.165, 1.54) is 0 Å². The first kappa shape index (κ1) is 13.6. The molecule has 20 heavy (non-hydrogen) atoms. The van der Waals surface area contributed by atoms with Crippen LogP contribution in [0.2, 0.25) is 0 Å². The van der Waals surface area contributed by atoms with Crippen molar-refractivity contribution >= 4 is 0 Å². The highest BCUT2D eigenvalue weighted by molar-refractivity contribution is 5.42. The largest absolute Gasteiger partial charge is 0.196 e. The van der Waals surface area contributed by atoms with Gasteiger partial charge in [-0.3, -0.25) is 0 Å². The quantitative estimate of drug-likeness (QED) is 0.775. The Hall–Kier alpha value is -2.82. The first-order valence-corrected chi connectivity index (χ1v) is 6.39. The van der Waals surface area contributed by atoms with Crippen LogP contribution in [-0.4, -0.2) is 0 Å². The van der Waals surface area contributed by atoms with Gasteiger partial charge in [-0.1, -0.05) is 30.3 Å². The molecule has 0 radical (unpaired) electrons. The monoisotopic (exact) mass is 260 g/mol. The second-order valence-corrected chi connectivity index (χ2v) is 5.02. The van der Waals surface area contributed by atoms with E-state index in [9.17, 15) is 21.0 Å². The van der Waals surface area contributed by atoms with Crippen molar-refractivity contribution in [2.45, 2.75) is 25.2 Å². The summed E-state index contributed by atoms with van der Waals surface area (Å²) in [6.07, 6.45) is 1.56. The SMILES string of the molecule is N#CC1(C#N)CCCC(c2ccccc2)C1(C#N)C#N. The summed E-state index contributed by atoms with van der Waals surface area (Å²) in [6.45, 7) is 0. The molecule has 0 heterocycles. The number of nitrogens with zero attached hydrogens (tertiary/aromatic N) is 4. The minimum atomic E-state index is -1.61. The lowest BCUT2D eigenvalue weighted by Crippen LogP contribution is -2.46. The summed E-state index contributed by atoms with van der Waals surface area (Å²) in [4.78, 5) is 0. The zero-order valence-corrected chi connectivity index (χ0v) is 10.9. The van der Waals surface area contributed by atoms with Gasteiger partial charge in [-0.15, -0.1) is 0 Å². The molecule has 0 amide bonds. The summed E-state index contributed by atoms with van der Waals surface area (Å²) < 4.78 is 0. The van der Waals surface area contributed by atoms with Crippen molar-refractivity contribution in [1.82, 2.24) is 0 Å². The van der Waals surface area contributed by atoms with Gasteiger partial charge in [-0.2, -0.15) is 21.0 Å². The maximum atomic E-state index is 9.60. The summed E-state index contributed by atoms with van der Waals surface area (Å²) >= 11 is 0. The molecule has 1 atom stereocenters. The van der Waals surface area contributed by atoms with Gasteiger partial charge in [0.05, 0.1) is 24.3 Å². The van der Waals surface area contributed by atoms with E-state index in [1.54, 1.807) is 0 Å². The van der Waals surface area contributed by atoms with Crippen molar-refractivity contribution in [2.75, 3.05) is 0 Å². The molecule has 2 rings (SSSR count). The van der Waals surface area contributed by atoms with Crippen molar-refractivity contribution in [3.8, 4) is 24.3 Å². The maximum absolute atomic E-state index is 9.60. The normalized spacial score (nSPS) is 22.5. The highest BCUT2D eigenvalue weighted by Crippen LogP contribution is 2.56. The first-order valence-electron chi connectivity index (χ1n) is 6.39. The van der Waals surface area contributed by atoms with Crippen molar-refractivity contribution in [2.24, 2.45) is 10.8 Å². The van der Waals surface area contributed by atoms with Crippen molar-refractivity contribution in [3.63, 3.8) is 0 Å². The fourth-order valence-electron chi connectivity index (χ4n) is 3.07. The van der Waals surface area contributed by atoms with Crippen LogP contribution in [0.4, 0.5) is 0 Å². The second-order valence-electron chi connectivity index (χ2n) is 5.02. The number of hydrogen-bond acceptors (Lipinski definition) is 4. The summed E-state index contributed by atoms with van der Waals surface area (Å²) in [7, 11) is 0. The minimum absolute atomic E-state index is 0.268.